The maximum atomic E-state index is 13.0. The van der Waals surface area contributed by atoms with E-state index in [0.29, 0.717) is 84.8 Å². The van der Waals surface area contributed by atoms with Gasteiger partial charge in [-0.3, -0.25) is 28.8 Å². The van der Waals surface area contributed by atoms with Crippen LogP contribution in [0.2, 0.25) is 0 Å². The minimum atomic E-state index is -0.745. The molecule has 0 heterocycles. The second-order valence-electron chi connectivity index (χ2n) is 21.4. The number of unbranched alkanes of at least 4 members (excludes halogenated alkanes) is 14. The van der Waals surface area contributed by atoms with Gasteiger partial charge in [-0.2, -0.15) is 5.48 Å². The monoisotopic (exact) mass is 1060 g/mol. The quantitative estimate of drug-likeness (QED) is 0.0170. The van der Waals surface area contributed by atoms with Crippen LogP contribution in [-0.4, -0.2) is 144 Å². The van der Waals surface area contributed by atoms with E-state index < -0.39 is 34.9 Å². The van der Waals surface area contributed by atoms with E-state index in [1.807, 2.05) is 20.8 Å². The van der Waals surface area contributed by atoms with Gasteiger partial charge in [-0.05, 0) is 94.4 Å². The Labute approximate surface area is 444 Å². The minimum Gasteiger partial charge on any atom is -0.460 e. The molecule has 20 heteroatoms. The molecule has 0 aromatic heterocycles. The molecule has 0 radical (unpaired) electrons. The number of carbonyl (C=O) groups excluding carboxylic acids is 7. The summed E-state index contributed by atoms with van der Waals surface area (Å²) in [5.41, 5.74) is 0.377. The Bertz CT molecular complexity index is 1510. The molecule has 0 saturated carbocycles. The van der Waals surface area contributed by atoms with E-state index in [1.54, 1.807) is 41.5 Å². The van der Waals surface area contributed by atoms with Crippen LogP contribution in [0.25, 0.3) is 0 Å². The van der Waals surface area contributed by atoms with E-state index in [4.69, 9.17) is 38.0 Å². The molecule has 74 heavy (non-hydrogen) atoms. The molecule has 0 saturated heterocycles. The van der Waals surface area contributed by atoms with Gasteiger partial charge >= 0.3 is 18.0 Å². The average Bonchev–Trinajstić information content (AvgIpc) is 3.29. The summed E-state index contributed by atoms with van der Waals surface area (Å²) in [5.74, 6) is -1.27. The first-order chi connectivity index (χ1) is 35.1. The highest BCUT2D eigenvalue weighted by Gasteiger charge is 2.26. The van der Waals surface area contributed by atoms with Gasteiger partial charge in [-0.1, -0.05) is 77.0 Å². The minimum absolute atomic E-state index is 0.00770. The summed E-state index contributed by atoms with van der Waals surface area (Å²) in [6.45, 7) is 19.6. The van der Waals surface area contributed by atoms with Crippen molar-refractivity contribution in [3.8, 4) is 0 Å². The number of carbonyl (C=O) groups is 7. The third-order valence-corrected chi connectivity index (χ3v) is 10.5. The SMILES string of the molecule is CC(C)(C)OC(=O)CCCCCCCCCCCCCCCCC(=O)N[C@@H](CCCCNC(=O)CCOCCOCCNC(=O)CCOCCOCCNC(=O)CCONC(=O)OC(C)(C)C)C(=O)OC(C)(C)C. The fourth-order valence-corrected chi connectivity index (χ4v) is 6.98. The molecule has 20 nitrogen and oxygen atoms in total. The van der Waals surface area contributed by atoms with Gasteiger partial charge in [0.1, 0.15) is 22.8 Å². The van der Waals surface area contributed by atoms with E-state index in [9.17, 15) is 33.6 Å². The Morgan fingerprint density at radius 1 is 0.365 bits per heavy atom. The lowest BCUT2D eigenvalue weighted by molar-refractivity contribution is -0.159. The van der Waals surface area contributed by atoms with Crippen molar-refractivity contribution in [3.63, 3.8) is 0 Å². The highest BCUT2D eigenvalue weighted by atomic mass is 16.7. The summed E-state index contributed by atoms with van der Waals surface area (Å²) in [7, 11) is 0. The predicted molar refractivity (Wildman–Crippen MR) is 283 cm³/mol. The second-order valence-corrected chi connectivity index (χ2v) is 21.4. The zero-order valence-corrected chi connectivity index (χ0v) is 47.2. The molecule has 432 valence electrons. The molecule has 0 unspecified atom stereocenters. The van der Waals surface area contributed by atoms with Gasteiger partial charge in [0.15, 0.2) is 0 Å². The third kappa shape index (κ3) is 51.4. The molecule has 0 bridgehead atoms. The van der Waals surface area contributed by atoms with Crippen molar-refractivity contribution in [1.29, 1.82) is 0 Å². The summed E-state index contributed by atoms with van der Waals surface area (Å²) < 4.78 is 37.8. The van der Waals surface area contributed by atoms with E-state index in [0.717, 1.165) is 38.5 Å². The van der Waals surface area contributed by atoms with Crippen LogP contribution in [0.1, 0.15) is 204 Å². The van der Waals surface area contributed by atoms with Gasteiger partial charge < -0.3 is 54.4 Å². The molecule has 5 amide bonds. The Morgan fingerprint density at radius 2 is 0.757 bits per heavy atom. The normalized spacial score (nSPS) is 12.1. The third-order valence-electron chi connectivity index (χ3n) is 10.5. The molecule has 0 aromatic rings. The Kier molecular flexibility index (Phi) is 41.6. The average molecular weight is 1060 g/mol. The zero-order valence-electron chi connectivity index (χ0n) is 47.2. The maximum absolute atomic E-state index is 13.0. The van der Waals surface area contributed by atoms with Crippen LogP contribution in [0.3, 0.4) is 0 Å². The Balaban J connectivity index is 3.86. The number of amides is 5. The van der Waals surface area contributed by atoms with E-state index in [1.165, 1.54) is 51.4 Å². The van der Waals surface area contributed by atoms with Crippen molar-refractivity contribution in [2.24, 2.45) is 0 Å². The zero-order chi connectivity index (χ0) is 55.4. The van der Waals surface area contributed by atoms with Crippen molar-refractivity contribution in [3.05, 3.63) is 0 Å². The summed E-state index contributed by atoms with van der Waals surface area (Å²) >= 11 is 0. The molecule has 5 N–H and O–H groups in total. The number of rotatable bonds is 46. The van der Waals surface area contributed by atoms with Crippen molar-refractivity contribution in [1.82, 2.24) is 26.7 Å². The van der Waals surface area contributed by atoms with Crippen molar-refractivity contribution < 1.29 is 71.6 Å². The number of hydrogen-bond donors (Lipinski definition) is 5. The molecule has 0 spiro atoms. The first-order valence-electron chi connectivity index (χ1n) is 27.5. The van der Waals surface area contributed by atoms with Gasteiger partial charge in [0, 0.05) is 45.3 Å². The number of esters is 2. The highest BCUT2D eigenvalue weighted by Crippen LogP contribution is 2.16. The summed E-state index contributed by atoms with van der Waals surface area (Å²) in [6, 6.07) is -0.745. The van der Waals surface area contributed by atoms with Crippen LogP contribution in [0.4, 0.5) is 4.79 Å². The van der Waals surface area contributed by atoms with Crippen LogP contribution >= 0.6 is 0 Å². The van der Waals surface area contributed by atoms with Crippen LogP contribution in [0.5, 0.6) is 0 Å². The van der Waals surface area contributed by atoms with Crippen molar-refractivity contribution in [2.45, 2.75) is 226 Å². The van der Waals surface area contributed by atoms with E-state index in [2.05, 4.69) is 26.7 Å². The molecule has 0 rings (SSSR count). The molecule has 0 aromatic carbocycles. The lowest BCUT2D eigenvalue weighted by Crippen LogP contribution is -2.44. The molecular formula is C54H101N5O15. The standard InChI is InChI=1S/C54H101N5O15/c1-52(2,3)72-49(64)28-23-21-19-17-15-13-11-10-12-14-16-18-20-22-27-48(63)58-44(50(65)73-53(4,5)6)26-24-25-32-55-45(60)29-35-67-40-42-69-38-33-56-46(61)30-36-68-41-43-70-39-34-57-47(62)31-37-71-59-51(66)74-54(7,8)9/h44H,10-43H2,1-9H3,(H,55,60)(H,56,61)(H,57,62)(H,58,63)(H,59,66)/t44-/m0/s1. The summed E-state index contributed by atoms with van der Waals surface area (Å²) in [6.07, 6.45) is 18.1. The van der Waals surface area contributed by atoms with Crippen LogP contribution in [0.15, 0.2) is 0 Å². The van der Waals surface area contributed by atoms with Gasteiger partial charge in [-0.15, -0.1) is 0 Å². The number of hydrogen-bond acceptors (Lipinski definition) is 15. The smallest absolute Gasteiger partial charge is 0.431 e. The van der Waals surface area contributed by atoms with Crippen LogP contribution in [-0.2, 0) is 66.8 Å². The topological polar surface area (TPSA) is 253 Å². The molecule has 0 aliphatic rings. The fraction of sp³-hybridized carbons (Fsp3) is 0.870. The van der Waals surface area contributed by atoms with Crippen molar-refractivity contribution >= 4 is 41.7 Å². The molecular weight excluding hydrogens is 959 g/mol. The largest absolute Gasteiger partial charge is 0.460 e. The van der Waals surface area contributed by atoms with Crippen LogP contribution < -0.4 is 26.7 Å². The number of nitrogens with one attached hydrogen (secondary N) is 5. The summed E-state index contributed by atoms with van der Waals surface area (Å²) in [4.78, 5) is 90.2. The van der Waals surface area contributed by atoms with Gasteiger partial charge in [0.05, 0.1) is 65.9 Å². The fourth-order valence-electron chi connectivity index (χ4n) is 6.98. The molecule has 0 fully saturated rings. The van der Waals surface area contributed by atoms with Gasteiger partial charge in [0.2, 0.25) is 23.6 Å². The maximum Gasteiger partial charge on any atom is 0.431 e. The Hall–Kier alpha value is -4.11. The number of hydroxylamine groups is 1. The Morgan fingerprint density at radius 3 is 1.20 bits per heavy atom. The van der Waals surface area contributed by atoms with Crippen LogP contribution in [0, 0.1) is 0 Å². The molecule has 1 atom stereocenters. The van der Waals surface area contributed by atoms with Gasteiger partial charge in [0.25, 0.3) is 0 Å². The molecule has 0 aliphatic carbocycles. The molecule has 0 aliphatic heterocycles. The van der Waals surface area contributed by atoms with Crippen molar-refractivity contribution in [2.75, 3.05) is 79.1 Å². The highest BCUT2D eigenvalue weighted by molar-refractivity contribution is 5.84. The first kappa shape index (κ1) is 69.9. The predicted octanol–water partition coefficient (Wildman–Crippen LogP) is 7.61. The second kappa shape index (κ2) is 44.1. The summed E-state index contributed by atoms with van der Waals surface area (Å²) in [5, 5.41) is 11.2. The van der Waals surface area contributed by atoms with Gasteiger partial charge in [-0.25, -0.2) is 9.59 Å². The van der Waals surface area contributed by atoms with E-state index in [-0.39, 0.29) is 75.3 Å². The first-order valence-corrected chi connectivity index (χ1v) is 27.5. The lowest BCUT2D eigenvalue weighted by Gasteiger charge is -2.24. The lowest BCUT2D eigenvalue weighted by atomic mass is 10.0. The number of ether oxygens (including phenoxy) is 7. The van der Waals surface area contributed by atoms with E-state index >= 15 is 0 Å².